The van der Waals surface area contributed by atoms with Gasteiger partial charge in [0.15, 0.2) is 0 Å². The minimum absolute atomic E-state index is 0.0999. The molecule has 0 heterocycles. The summed E-state index contributed by atoms with van der Waals surface area (Å²) >= 11 is 6.10. The van der Waals surface area contributed by atoms with Crippen LogP contribution in [0.15, 0.2) is 48.5 Å². The highest BCUT2D eigenvalue weighted by molar-refractivity contribution is 6.31. The Kier molecular flexibility index (Phi) is 5.94. The van der Waals surface area contributed by atoms with E-state index in [9.17, 15) is 9.59 Å². The molecule has 0 bridgehead atoms. The molecule has 1 N–H and O–H groups in total. The van der Waals surface area contributed by atoms with Gasteiger partial charge in [-0.2, -0.15) is 5.26 Å². The number of rotatable bonds is 5. The van der Waals surface area contributed by atoms with Crippen molar-refractivity contribution in [2.24, 2.45) is 0 Å². The summed E-state index contributed by atoms with van der Waals surface area (Å²) in [5.74, 6) is -0.566. The fourth-order valence-corrected chi connectivity index (χ4v) is 2.35. The molecule has 0 atom stereocenters. The zero-order chi connectivity index (χ0) is 17.5. The van der Waals surface area contributed by atoms with Crippen molar-refractivity contribution >= 4 is 29.1 Å². The van der Waals surface area contributed by atoms with Crippen LogP contribution in [0.25, 0.3) is 0 Å². The summed E-state index contributed by atoms with van der Waals surface area (Å²) in [6.07, 6.45) is 0. The van der Waals surface area contributed by atoms with Gasteiger partial charge < -0.3 is 10.2 Å². The largest absolute Gasteiger partial charge is 0.329 e. The monoisotopic (exact) mass is 341 g/mol. The maximum absolute atomic E-state index is 12.2. The van der Waals surface area contributed by atoms with E-state index in [1.165, 1.54) is 11.8 Å². The van der Waals surface area contributed by atoms with Gasteiger partial charge in [-0.3, -0.25) is 9.59 Å². The Balaban J connectivity index is 2.05. The quantitative estimate of drug-likeness (QED) is 0.907. The zero-order valence-corrected chi connectivity index (χ0v) is 13.9. The number of carbonyl (C=O) groups is 2. The second kappa shape index (κ2) is 8.14. The van der Waals surface area contributed by atoms with Crippen LogP contribution in [0.2, 0.25) is 5.02 Å². The Morgan fingerprint density at radius 3 is 2.62 bits per heavy atom. The van der Waals surface area contributed by atoms with Crippen LogP contribution < -0.4 is 5.32 Å². The number of nitrogens with zero attached hydrogens (tertiary/aromatic N) is 2. The maximum Gasteiger partial charge on any atom is 0.244 e. The number of amides is 2. The van der Waals surface area contributed by atoms with Crippen molar-refractivity contribution in [1.29, 1.82) is 5.26 Å². The van der Waals surface area contributed by atoms with Gasteiger partial charge in [-0.25, -0.2) is 0 Å². The number of anilines is 1. The number of nitriles is 1. The standard InChI is InChI=1S/C18H16ClN3O2/c1-13(23)22(11-15-6-2-3-8-17(15)19)12-18(24)21-16-7-4-5-14(9-16)10-20/h2-9H,11-12H2,1H3,(H,21,24). The van der Waals surface area contributed by atoms with Crippen molar-refractivity contribution in [2.75, 3.05) is 11.9 Å². The summed E-state index contributed by atoms with van der Waals surface area (Å²) in [5.41, 5.74) is 1.74. The molecule has 6 heteroatoms. The second-order valence-electron chi connectivity index (χ2n) is 5.21. The molecule has 0 unspecified atom stereocenters. The highest BCUT2D eigenvalue weighted by Gasteiger charge is 2.15. The summed E-state index contributed by atoms with van der Waals surface area (Å²) in [6.45, 7) is 1.55. The van der Waals surface area contributed by atoms with E-state index >= 15 is 0 Å². The van der Waals surface area contributed by atoms with Gasteiger partial charge in [-0.05, 0) is 29.8 Å². The third-order valence-corrected chi connectivity index (χ3v) is 3.74. The van der Waals surface area contributed by atoms with Gasteiger partial charge >= 0.3 is 0 Å². The molecule has 2 amide bonds. The maximum atomic E-state index is 12.2. The first-order valence-electron chi connectivity index (χ1n) is 7.28. The van der Waals surface area contributed by atoms with Crippen molar-refractivity contribution < 1.29 is 9.59 Å². The van der Waals surface area contributed by atoms with Crippen LogP contribution in [0, 0.1) is 11.3 Å². The Morgan fingerprint density at radius 1 is 1.21 bits per heavy atom. The lowest BCUT2D eigenvalue weighted by atomic mass is 10.2. The topological polar surface area (TPSA) is 73.2 Å². The van der Waals surface area contributed by atoms with E-state index in [2.05, 4.69) is 5.32 Å². The molecule has 0 spiro atoms. The fraction of sp³-hybridized carbons (Fsp3) is 0.167. The molecule has 0 radical (unpaired) electrons. The molecule has 2 aromatic carbocycles. The number of benzene rings is 2. The number of carbonyl (C=O) groups excluding carboxylic acids is 2. The second-order valence-corrected chi connectivity index (χ2v) is 5.61. The minimum Gasteiger partial charge on any atom is -0.329 e. The first kappa shape index (κ1) is 17.5. The molecule has 0 aliphatic rings. The SMILES string of the molecule is CC(=O)N(CC(=O)Nc1cccc(C#N)c1)Cc1ccccc1Cl. The number of nitrogens with one attached hydrogen (secondary N) is 1. The van der Waals surface area contributed by atoms with E-state index in [1.54, 1.807) is 36.4 Å². The first-order chi connectivity index (χ1) is 11.5. The summed E-state index contributed by atoms with van der Waals surface area (Å²) in [4.78, 5) is 25.4. The van der Waals surface area contributed by atoms with Gasteiger partial charge in [0, 0.05) is 24.2 Å². The highest BCUT2D eigenvalue weighted by Crippen LogP contribution is 2.17. The summed E-state index contributed by atoms with van der Waals surface area (Å²) in [7, 11) is 0. The molecular weight excluding hydrogens is 326 g/mol. The van der Waals surface area contributed by atoms with Gasteiger partial charge in [-0.15, -0.1) is 0 Å². The van der Waals surface area contributed by atoms with Gasteiger partial charge in [0.05, 0.1) is 11.6 Å². The summed E-state index contributed by atoms with van der Waals surface area (Å²) in [5, 5.41) is 12.1. The smallest absolute Gasteiger partial charge is 0.244 e. The van der Waals surface area contributed by atoms with E-state index < -0.39 is 0 Å². The van der Waals surface area contributed by atoms with Crippen LogP contribution in [-0.4, -0.2) is 23.3 Å². The van der Waals surface area contributed by atoms with Gasteiger partial charge in [-0.1, -0.05) is 35.9 Å². The van der Waals surface area contributed by atoms with Gasteiger partial charge in [0.25, 0.3) is 0 Å². The molecule has 2 rings (SSSR count). The lowest BCUT2D eigenvalue weighted by Crippen LogP contribution is -2.36. The normalized spacial score (nSPS) is 9.88. The Bertz CT molecular complexity index is 799. The van der Waals surface area contributed by atoms with Crippen molar-refractivity contribution in [3.63, 3.8) is 0 Å². The third-order valence-electron chi connectivity index (χ3n) is 3.37. The van der Waals surface area contributed by atoms with Crippen LogP contribution in [0.4, 0.5) is 5.69 Å². The zero-order valence-electron chi connectivity index (χ0n) is 13.1. The van der Waals surface area contributed by atoms with Crippen LogP contribution in [-0.2, 0) is 16.1 Å². The minimum atomic E-state index is -0.340. The molecule has 0 saturated carbocycles. The molecule has 0 fully saturated rings. The number of hydrogen-bond acceptors (Lipinski definition) is 3. The molecular formula is C18H16ClN3O2. The summed E-state index contributed by atoms with van der Waals surface area (Å²) in [6, 6.07) is 15.8. The van der Waals surface area contributed by atoms with E-state index in [1.807, 2.05) is 18.2 Å². The molecule has 122 valence electrons. The molecule has 24 heavy (non-hydrogen) atoms. The Labute approximate surface area is 145 Å². The molecule has 0 aliphatic heterocycles. The van der Waals surface area contributed by atoms with Crippen LogP contribution in [0.1, 0.15) is 18.1 Å². The molecule has 2 aromatic rings. The van der Waals surface area contributed by atoms with E-state index in [-0.39, 0.29) is 24.9 Å². The average Bonchev–Trinajstić information content (AvgIpc) is 2.56. The van der Waals surface area contributed by atoms with Crippen molar-refractivity contribution in [1.82, 2.24) is 4.90 Å². The molecule has 5 nitrogen and oxygen atoms in total. The first-order valence-corrected chi connectivity index (χ1v) is 7.66. The predicted molar refractivity (Wildman–Crippen MR) is 92.3 cm³/mol. The third kappa shape index (κ3) is 4.83. The predicted octanol–water partition coefficient (Wildman–Crippen LogP) is 3.20. The van der Waals surface area contributed by atoms with Gasteiger partial charge in [0.1, 0.15) is 6.54 Å². The van der Waals surface area contributed by atoms with Crippen LogP contribution in [0.3, 0.4) is 0 Å². The van der Waals surface area contributed by atoms with Crippen molar-refractivity contribution in [3.05, 3.63) is 64.7 Å². The highest BCUT2D eigenvalue weighted by atomic mass is 35.5. The molecule has 0 aliphatic carbocycles. The van der Waals surface area contributed by atoms with E-state index in [0.29, 0.717) is 16.3 Å². The van der Waals surface area contributed by atoms with E-state index in [4.69, 9.17) is 16.9 Å². The van der Waals surface area contributed by atoms with Gasteiger partial charge in [0.2, 0.25) is 11.8 Å². The number of hydrogen-bond donors (Lipinski definition) is 1. The fourth-order valence-electron chi connectivity index (χ4n) is 2.15. The molecule has 0 aromatic heterocycles. The van der Waals surface area contributed by atoms with E-state index in [0.717, 1.165) is 5.56 Å². The van der Waals surface area contributed by atoms with Crippen LogP contribution >= 0.6 is 11.6 Å². The lowest BCUT2D eigenvalue weighted by molar-refractivity contribution is -0.133. The number of halogens is 1. The van der Waals surface area contributed by atoms with Crippen LogP contribution in [0.5, 0.6) is 0 Å². The van der Waals surface area contributed by atoms with Crippen molar-refractivity contribution in [2.45, 2.75) is 13.5 Å². The lowest BCUT2D eigenvalue weighted by Gasteiger charge is -2.21. The Morgan fingerprint density at radius 2 is 1.96 bits per heavy atom. The summed E-state index contributed by atoms with van der Waals surface area (Å²) < 4.78 is 0. The Hall–Kier alpha value is -2.84. The van der Waals surface area contributed by atoms with Crippen molar-refractivity contribution in [3.8, 4) is 6.07 Å². The molecule has 0 saturated heterocycles. The average molecular weight is 342 g/mol.